The molecule has 6 rings (SSSR count). The summed E-state index contributed by atoms with van der Waals surface area (Å²) in [5.74, 6) is -2.53. The highest BCUT2D eigenvalue weighted by Crippen LogP contribution is 2.58. The number of nitrogens with zero attached hydrogens (tertiary/aromatic N) is 2. The Morgan fingerprint density at radius 1 is 0.927 bits per heavy atom. The van der Waals surface area contributed by atoms with Crippen molar-refractivity contribution in [2.24, 2.45) is 39.2 Å². The number of hydrogen-bond acceptors (Lipinski definition) is 10. The molecule has 8 atom stereocenters. The standard InChI is InChI=1S/C22H23Br4ClN10O4/c23-7-1-9(32-13(7)25)15(38)30-3-5-6(4-31-16(39)10-2-8(24)14(26)33-10)12(27)21-11(5)22(40)18(35-20(29)37-22)41-17(21)34-19(28)36-21/h1-2,5-6,11-12,17-18,32-33,40H,3-4H2,(H,30,38)(H,31,39)(H3,28,34,36)(H3,29,35,37)/t5?,6-,11?,12+,17+,18-,21+,22-/m1/s1. The highest BCUT2D eigenvalue weighted by molar-refractivity contribution is 9.13. The Morgan fingerprint density at radius 2 is 1.44 bits per heavy atom. The molecule has 3 aliphatic heterocycles. The monoisotopic (exact) mass is 842 g/mol. The Hall–Kier alpha value is -1.83. The first kappa shape index (κ1) is 29.3. The number of nitrogens with two attached hydrogens (primary N) is 2. The average Bonchev–Trinajstić information content (AvgIpc) is 3.66. The summed E-state index contributed by atoms with van der Waals surface area (Å²) in [5, 5.41) is 23.2. The number of carbonyl (C=O) groups excluding carboxylic acids is 2. The Morgan fingerprint density at radius 3 is 1.98 bits per heavy atom. The molecule has 1 spiro atoms. The first-order valence-corrected chi connectivity index (χ1v) is 15.8. The number of fused-ring (bicyclic) bond motifs is 2. The fourth-order valence-electron chi connectivity index (χ4n) is 6.36. The van der Waals surface area contributed by atoms with Gasteiger partial charge in [0, 0.05) is 24.9 Å². The number of rotatable bonds is 6. The number of nitrogens with one attached hydrogen (secondary N) is 6. The van der Waals surface area contributed by atoms with Gasteiger partial charge in [-0.25, -0.2) is 9.98 Å². The first-order valence-electron chi connectivity index (χ1n) is 12.2. The minimum atomic E-state index is -1.82. The van der Waals surface area contributed by atoms with Crippen molar-refractivity contribution in [2.45, 2.75) is 29.1 Å². The summed E-state index contributed by atoms with van der Waals surface area (Å²) >= 11 is 20.6. The number of alkyl halides is 1. The molecule has 5 heterocycles. The molecule has 2 unspecified atom stereocenters. The van der Waals surface area contributed by atoms with E-state index in [9.17, 15) is 14.7 Å². The first-order chi connectivity index (χ1) is 19.3. The highest BCUT2D eigenvalue weighted by atomic mass is 79.9. The van der Waals surface area contributed by atoms with E-state index < -0.39 is 46.9 Å². The van der Waals surface area contributed by atoms with Gasteiger partial charge in [0.1, 0.15) is 16.9 Å². The van der Waals surface area contributed by atoms with Gasteiger partial charge in [-0.1, -0.05) is 0 Å². The molecule has 2 aromatic heterocycles. The summed E-state index contributed by atoms with van der Waals surface area (Å²) in [4.78, 5) is 40.7. The van der Waals surface area contributed by atoms with Crippen molar-refractivity contribution in [3.63, 3.8) is 0 Å². The zero-order valence-electron chi connectivity index (χ0n) is 20.6. The van der Waals surface area contributed by atoms with E-state index in [4.69, 9.17) is 27.8 Å². The van der Waals surface area contributed by atoms with Gasteiger partial charge in [0.05, 0.1) is 23.5 Å². The zero-order valence-corrected chi connectivity index (χ0v) is 27.7. The van der Waals surface area contributed by atoms with E-state index in [0.717, 1.165) is 0 Å². The second kappa shape index (κ2) is 10.4. The number of carbonyl (C=O) groups is 2. The number of halogens is 5. The molecule has 19 heteroatoms. The molecule has 220 valence electrons. The number of aromatic amines is 2. The van der Waals surface area contributed by atoms with E-state index >= 15 is 0 Å². The van der Waals surface area contributed by atoms with Crippen LogP contribution in [0.2, 0.25) is 0 Å². The zero-order chi connectivity index (χ0) is 29.4. The van der Waals surface area contributed by atoms with E-state index in [1.807, 2.05) is 0 Å². The van der Waals surface area contributed by atoms with Gasteiger partial charge in [0.15, 0.2) is 23.9 Å². The van der Waals surface area contributed by atoms with Gasteiger partial charge < -0.3 is 52.5 Å². The quantitative estimate of drug-likeness (QED) is 0.191. The van der Waals surface area contributed by atoms with Crippen molar-refractivity contribution in [3.8, 4) is 0 Å². The normalized spacial score (nSPS) is 35.0. The summed E-state index contributed by atoms with van der Waals surface area (Å²) < 4.78 is 8.67. The molecular formula is C22H23Br4ClN10O4. The van der Waals surface area contributed by atoms with Crippen molar-refractivity contribution in [1.82, 2.24) is 31.2 Å². The summed E-state index contributed by atoms with van der Waals surface area (Å²) in [7, 11) is 0. The van der Waals surface area contributed by atoms with Crippen LogP contribution >= 0.6 is 75.3 Å². The topological polar surface area (TPSA) is 220 Å². The largest absolute Gasteiger partial charge is 0.370 e. The average molecular weight is 847 g/mol. The van der Waals surface area contributed by atoms with E-state index in [1.54, 1.807) is 12.1 Å². The van der Waals surface area contributed by atoms with Gasteiger partial charge in [-0.05, 0) is 81.8 Å². The minimum absolute atomic E-state index is 0.0146. The Bertz CT molecular complexity index is 1460. The maximum Gasteiger partial charge on any atom is 0.267 e. The SMILES string of the molecule is NC1=N[C@H]2O[C@H]3N=C(N)N[C@@]3(O)C3C(CNC(=O)c4cc(Br)c(Br)[nH]4)[C@@H](CNC(=O)c4cc(Br)c(Br)[nH]4)[C@H](Cl)[C@@]32N1. The molecule has 14 nitrogen and oxygen atoms in total. The maximum absolute atomic E-state index is 13.1. The smallest absolute Gasteiger partial charge is 0.267 e. The second-order valence-corrected chi connectivity index (χ2v) is 14.0. The molecule has 11 N–H and O–H groups in total. The van der Waals surface area contributed by atoms with E-state index in [2.05, 4.69) is 105 Å². The molecule has 2 amide bonds. The van der Waals surface area contributed by atoms with Crippen molar-refractivity contribution in [3.05, 3.63) is 41.7 Å². The van der Waals surface area contributed by atoms with Crippen LogP contribution in [0, 0.1) is 17.8 Å². The Balaban J connectivity index is 1.34. The van der Waals surface area contributed by atoms with Crippen molar-refractivity contribution in [1.29, 1.82) is 0 Å². The lowest BCUT2D eigenvalue weighted by molar-refractivity contribution is -0.233. The van der Waals surface area contributed by atoms with Gasteiger partial charge in [-0.2, -0.15) is 0 Å². The third kappa shape index (κ3) is 4.60. The number of aromatic nitrogens is 2. The predicted molar refractivity (Wildman–Crippen MR) is 163 cm³/mol. The lowest BCUT2D eigenvalue weighted by Crippen LogP contribution is -2.75. The number of ether oxygens (including phenoxy) is 1. The molecule has 1 saturated carbocycles. The number of aliphatic hydroxyl groups is 1. The lowest BCUT2D eigenvalue weighted by Gasteiger charge is -2.51. The van der Waals surface area contributed by atoms with Crippen molar-refractivity contribution < 1.29 is 19.4 Å². The molecule has 1 aliphatic carbocycles. The summed E-state index contributed by atoms with van der Waals surface area (Å²) in [6.07, 6.45) is -2.03. The number of hydrogen-bond donors (Lipinski definition) is 9. The molecule has 2 aromatic rings. The van der Waals surface area contributed by atoms with Crippen LogP contribution in [0.15, 0.2) is 40.3 Å². The van der Waals surface area contributed by atoms with Gasteiger partial charge in [0.25, 0.3) is 11.8 Å². The van der Waals surface area contributed by atoms with Gasteiger partial charge in [-0.15, -0.1) is 11.6 Å². The number of aliphatic imine (C=N–C) groups is 2. The van der Waals surface area contributed by atoms with Gasteiger partial charge >= 0.3 is 0 Å². The van der Waals surface area contributed by atoms with Crippen LogP contribution < -0.4 is 32.7 Å². The molecule has 41 heavy (non-hydrogen) atoms. The van der Waals surface area contributed by atoms with Gasteiger partial charge in [0.2, 0.25) is 6.23 Å². The van der Waals surface area contributed by atoms with E-state index in [-0.39, 0.29) is 36.8 Å². The number of amides is 2. The Kier molecular flexibility index (Phi) is 7.43. The Labute approximate surface area is 271 Å². The molecule has 0 aromatic carbocycles. The van der Waals surface area contributed by atoms with Crippen LogP contribution in [0.1, 0.15) is 21.0 Å². The summed E-state index contributed by atoms with van der Waals surface area (Å²) in [6, 6.07) is 3.28. The van der Waals surface area contributed by atoms with Crippen molar-refractivity contribution >= 4 is 99.1 Å². The lowest BCUT2D eigenvalue weighted by atomic mass is 9.71. The van der Waals surface area contributed by atoms with E-state index in [0.29, 0.717) is 29.5 Å². The fraction of sp³-hybridized carbons (Fsp3) is 0.455. The third-order valence-electron chi connectivity index (χ3n) is 7.96. The second-order valence-electron chi connectivity index (χ2n) is 10.2. The van der Waals surface area contributed by atoms with Crippen LogP contribution in [-0.2, 0) is 4.74 Å². The van der Waals surface area contributed by atoms with Crippen LogP contribution in [0.5, 0.6) is 0 Å². The van der Waals surface area contributed by atoms with Crippen LogP contribution in [0.3, 0.4) is 0 Å². The summed E-state index contributed by atoms with van der Waals surface area (Å²) in [6.45, 7) is 0.152. The molecule has 0 bridgehead atoms. The highest BCUT2D eigenvalue weighted by Gasteiger charge is 2.76. The summed E-state index contributed by atoms with van der Waals surface area (Å²) in [5.41, 5.74) is 9.70. The minimum Gasteiger partial charge on any atom is -0.370 e. The molecule has 1 saturated heterocycles. The number of guanidine groups is 2. The molecule has 0 radical (unpaired) electrons. The van der Waals surface area contributed by atoms with E-state index in [1.165, 1.54) is 0 Å². The molecular weight excluding hydrogens is 823 g/mol. The van der Waals surface area contributed by atoms with Crippen LogP contribution in [-0.4, -0.2) is 81.0 Å². The van der Waals surface area contributed by atoms with Gasteiger partial charge in [-0.3, -0.25) is 9.59 Å². The van der Waals surface area contributed by atoms with Crippen molar-refractivity contribution in [2.75, 3.05) is 13.1 Å². The fourth-order valence-corrected chi connectivity index (χ4v) is 8.25. The molecule has 2 fully saturated rings. The van der Waals surface area contributed by atoms with Crippen LogP contribution in [0.25, 0.3) is 0 Å². The third-order valence-corrected chi connectivity index (χ3v) is 12.2. The maximum atomic E-state index is 13.1. The predicted octanol–water partition coefficient (Wildman–Crippen LogP) is 0.968. The van der Waals surface area contributed by atoms with Crippen LogP contribution in [0.4, 0.5) is 0 Å². The number of H-pyrrole nitrogens is 2. The molecule has 4 aliphatic rings.